The van der Waals surface area contributed by atoms with Crippen molar-refractivity contribution >= 4 is 27.5 Å². The van der Waals surface area contributed by atoms with Crippen LogP contribution < -0.4 is 19.7 Å². The van der Waals surface area contributed by atoms with Crippen molar-refractivity contribution in [3.63, 3.8) is 0 Å². The minimum Gasteiger partial charge on any atom is -0.508 e. The average Bonchev–Trinajstić information content (AvgIpc) is 4.04. The molecule has 5 fully saturated rings. The van der Waals surface area contributed by atoms with Gasteiger partial charge in [0.15, 0.2) is 5.82 Å². The fourth-order valence-electron chi connectivity index (χ4n) is 8.90. The Morgan fingerprint density at radius 1 is 1.06 bits per heavy atom. The number of hydrogen-bond acceptors (Lipinski definition) is 10. The number of piperazine rings is 1. The van der Waals surface area contributed by atoms with Gasteiger partial charge in [0.05, 0.1) is 31.3 Å². The molecule has 9 rings (SSSR count). The Hall–Kier alpha value is -4.78. The first-order chi connectivity index (χ1) is 24.7. The number of methoxy groups -OCH3 is 1. The van der Waals surface area contributed by atoms with Crippen LogP contribution in [0.2, 0.25) is 0 Å². The standard InChI is InChI=1S/C39H39F2N7O3/c1-3-27-29(40)7-4-22-14-26(49)15-28(30(22)27)33-32(41)34-31(36(44-33)50-2)35(48-18-24-5-6-25(19-48)43-24)46-37(45-34)51-21-38(8-9-38)20-47-12-10-39(11-13-47)16-23(39)17-42/h1,4,7,14-15,23-25,43,49H,5-6,8-13,16,18-21H2,2H3. The van der Waals surface area contributed by atoms with Crippen LogP contribution in [0, 0.1) is 52.1 Å². The van der Waals surface area contributed by atoms with Crippen LogP contribution in [0.25, 0.3) is 32.9 Å². The molecule has 0 radical (unpaired) electrons. The van der Waals surface area contributed by atoms with Crippen molar-refractivity contribution in [1.82, 2.24) is 25.2 Å². The molecule has 3 aliphatic heterocycles. The van der Waals surface area contributed by atoms with Gasteiger partial charge in [0.1, 0.15) is 34.0 Å². The lowest BCUT2D eigenvalue weighted by atomic mass is 9.90. The number of phenolic OH excluding ortho intramolecular Hbond substituents is 1. The highest BCUT2D eigenvalue weighted by atomic mass is 19.1. The molecular weight excluding hydrogens is 652 g/mol. The lowest BCUT2D eigenvalue weighted by Gasteiger charge is -2.35. The normalized spacial score (nSPS) is 24.4. The number of fused-ring (bicyclic) bond motifs is 4. The van der Waals surface area contributed by atoms with Crippen molar-refractivity contribution in [3.8, 4) is 47.3 Å². The number of likely N-dealkylation sites (tertiary alicyclic amines) is 1. The van der Waals surface area contributed by atoms with E-state index in [0.29, 0.717) is 36.3 Å². The first-order valence-electron chi connectivity index (χ1n) is 17.9. The second-order valence-electron chi connectivity index (χ2n) is 15.4. The zero-order chi connectivity index (χ0) is 35.1. The van der Waals surface area contributed by atoms with Gasteiger partial charge in [0.2, 0.25) is 5.88 Å². The molecule has 10 nitrogen and oxygen atoms in total. The molecule has 2 aromatic carbocycles. The van der Waals surface area contributed by atoms with Gasteiger partial charge in [-0.05, 0) is 87.0 Å². The second kappa shape index (κ2) is 11.9. The predicted octanol–water partition coefficient (Wildman–Crippen LogP) is 5.54. The third-order valence-electron chi connectivity index (χ3n) is 12.1. The van der Waals surface area contributed by atoms with Gasteiger partial charge in [-0.15, -0.1) is 6.42 Å². The summed E-state index contributed by atoms with van der Waals surface area (Å²) in [6.45, 7) is 4.60. The SMILES string of the molecule is C#Cc1c(F)ccc2cc(O)cc(-c3nc(OC)c4c(N5CC6CCC(C5)N6)nc(OCC5(CN6CCC7(CC6)CC7C#N)CC5)nc4c3F)c12. The van der Waals surface area contributed by atoms with Crippen molar-refractivity contribution in [3.05, 3.63) is 41.5 Å². The van der Waals surface area contributed by atoms with Gasteiger partial charge in [-0.3, -0.25) is 0 Å². The number of nitrogens with zero attached hydrogens (tertiary/aromatic N) is 6. The Bertz CT molecular complexity index is 2160. The number of aromatic nitrogens is 3. The van der Waals surface area contributed by atoms with Crippen LogP contribution in [0.15, 0.2) is 24.3 Å². The highest BCUT2D eigenvalue weighted by molar-refractivity contribution is 6.04. The number of ether oxygens (including phenoxy) is 2. The van der Waals surface area contributed by atoms with Gasteiger partial charge in [-0.25, -0.2) is 13.8 Å². The molecule has 2 aliphatic carbocycles. The van der Waals surface area contributed by atoms with Gasteiger partial charge >= 0.3 is 6.01 Å². The molecule has 2 aromatic heterocycles. The summed E-state index contributed by atoms with van der Waals surface area (Å²) in [5, 5.41) is 24.7. The molecule has 5 heterocycles. The van der Waals surface area contributed by atoms with Crippen molar-refractivity contribution in [2.75, 3.05) is 51.3 Å². The minimum absolute atomic E-state index is 0.0366. The van der Waals surface area contributed by atoms with Gasteiger partial charge < -0.3 is 29.7 Å². The highest BCUT2D eigenvalue weighted by Gasteiger charge is 2.56. The topological polar surface area (TPSA) is 120 Å². The largest absolute Gasteiger partial charge is 0.508 e. The van der Waals surface area contributed by atoms with Crippen LogP contribution in [0.3, 0.4) is 0 Å². The Kier molecular flexibility index (Phi) is 7.50. The van der Waals surface area contributed by atoms with E-state index < -0.39 is 11.6 Å². The van der Waals surface area contributed by atoms with Crippen molar-refractivity contribution in [1.29, 1.82) is 5.26 Å². The molecule has 12 heteroatoms. The van der Waals surface area contributed by atoms with E-state index in [2.05, 4.69) is 37.1 Å². The number of nitrogens with one attached hydrogen (secondary N) is 1. The molecule has 262 valence electrons. The minimum atomic E-state index is -0.782. The summed E-state index contributed by atoms with van der Waals surface area (Å²) >= 11 is 0. The summed E-state index contributed by atoms with van der Waals surface area (Å²) in [7, 11) is 1.45. The average molecular weight is 692 g/mol. The first-order valence-corrected chi connectivity index (χ1v) is 17.9. The fourth-order valence-corrected chi connectivity index (χ4v) is 8.90. The number of terminal acetylenes is 1. The van der Waals surface area contributed by atoms with E-state index in [1.807, 2.05) is 0 Å². The lowest BCUT2D eigenvalue weighted by molar-refractivity contribution is 0.113. The maximum Gasteiger partial charge on any atom is 0.319 e. The summed E-state index contributed by atoms with van der Waals surface area (Å²) in [5.41, 5.74) is 0.0232. The number of nitriles is 1. The van der Waals surface area contributed by atoms with E-state index in [0.717, 1.165) is 64.6 Å². The number of pyridine rings is 1. The Labute approximate surface area is 294 Å². The summed E-state index contributed by atoms with van der Waals surface area (Å²) < 4.78 is 44.3. The number of aromatic hydroxyl groups is 1. The van der Waals surface area contributed by atoms with E-state index in [4.69, 9.17) is 20.9 Å². The van der Waals surface area contributed by atoms with Crippen LogP contribution in [-0.4, -0.2) is 83.5 Å². The zero-order valence-electron chi connectivity index (χ0n) is 28.5. The number of anilines is 1. The third kappa shape index (κ3) is 5.47. The monoisotopic (exact) mass is 691 g/mol. The molecule has 2 N–H and O–H groups in total. The van der Waals surface area contributed by atoms with Gasteiger partial charge in [0.25, 0.3) is 0 Å². The number of piperidine rings is 1. The fraction of sp³-hybridized carbons (Fsp3) is 0.487. The number of rotatable bonds is 8. The molecular formula is C39H39F2N7O3. The van der Waals surface area contributed by atoms with E-state index >= 15 is 4.39 Å². The maximum atomic E-state index is 17.1. The molecule has 1 spiro atoms. The Morgan fingerprint density at radius 2 is 1.82 bits per heavy atom. The van der Waals surface area contributed by atoms with E-state index in [1.54, 1.807) is 0 Å². The highest BCUT2D eigenvalue weighted by Crippen LogP contribution is 2.59. The molecule has 51 heavy (non-hydrogen) atoms. The summed E-state index contributed by atoms with van der Waals surface area (Å²) in [6.07, 6.45) is 13.0. The smallest absolute Gasteiger partial charge is 0.319 e. The number of hydrogen-bond donors (Lipinski definition) is 2. The summed E-state index contributed by atoms with van der Waals surface area (Å²) in [4.78, 5) is 18.8. The predicted molar refractivity (Wildman–Crippen MR) is 187 cm³/mol. The number of benzene rings is 2. The molecule has 3 unspecified atom stereocenters. The maximum absolute atomic E-state index is 17.1. The van der Waals surface area contributed by atoms with Gasteiger partial charge in [-0.2, -0.15) is 15.2 Å². The summed E-state index contributed by atoms with van der Waals surface area (Å²) in [5.74, 6) is 1.61. The third-order valence-corrected chi connectivity index (χ3v) is 12.1. The van der Waals surface area contributed by atoms with Crippen molar-refractivity contribution in [2.45, 2.75) is 57.0 Å². The Balaban J connectivity index is 1.11. The van der Waals surface area contributed by atoms with E-state index in [-0.39, 0.29) is 74.2 Å². The molecule has 2 bridgehead atoms. The number of phenols is 1. The molecule has 0 amide bonds. The molecule has 2 saturated carbocycles. The van der Waals surface area contributed by atoms with Crippen LogP contribution in [0.1, 0.15) is 50.5 Å². The second-order valence-corrected chi connectivity index (χ2v) is 15.4. The summed E-state index contributed by atoms with van der Waals surface area (Å²) in [6, 6.07) is 8.57. The first kappa shape index (κ1) is 32.1. The number of halogens is 2. The van der Waals surface area contributed by atoms with Crippen molar-refractivity contribution in [2.24, 2.45) is 16.7 Å². The van der Waals surface area contributed by atoms with Crippen LogP contribution in [-0.2, 0) is 0 Å². The van der Waals surface area contributed by atoms with E-state index in [9.17, 15) is 14.8 Å². The van der Waals surface area contributed by atoms with Crippen LogP contribution >= 0.6 is 0 Å². The zero-order valence-corrected chi connectivity index (χ0v) is 28.5. The van der Waals surface area contributed by atoms with Crippen LogP contribution in [0.5, 0.6) is 17.6 Å². The van der Waals surface area contributed by atoms with Crippen LogP contribution in [0.4, 0.5) is 14.6 Å². The Morgan fingerprint density at radius 3 is 2.49 bits per heavy atom. The lowest BCUT2D eigenvalue weighted by Crippen LogP contribution is -2.51. The molecule has 4 aromatic rings. The molecule has 3 saturated heterocycles. The van der Waals surface area contributed by atoms with Crippen molar-refractivity contribution < 1.29 is 23.4 Å². The van der Waals surface area contributed by atoms with Gasteiger partial charge in [-0.1, -0.05) is 12.0 Å². The molecule has 5 aliphatic rings. The quantitative estimate of drug-likeness (QED) is 0.228. The van der Waals surface area contributed by atoms with Gasteiger partial charge in [0, 0.05) is 48.1 Å². The molecule has 3 atom stereocenters. The van der Waals surface area contributed by atoms with E-state index in [1.165, 1.54) is 31.4 Å².